The number of rotatable bonds is 7. The number of likely N-dealkylation sites (N-methyl/N-ethyl adjacent to an activating group) is 1. The highest BCUT2D eigenvalue weighted by molar-refractivity contribution is 5.51. The van der Waals surface area contributed by atoms with Crippen LogP contribution in [0.25, 0.3) is 0 Å². The van der Waals surface area contributed by atoms with Crippen molar-refractivity contribution in [2.24, 2.45) is 0 Å². The molecular formula is C22H34N4O. The topological polar surface area (TPSA) is 35.8 Å². The molecule has 0 atom stereocenters. The van der Waals surface area contributed by atoms with E-state index in [0.717, 1.165) is 57.3 Å². The Morgan fingerprint density at radius 2 is 1.81 bits per heavy atom. The summed E-state index contributed by atoms with van der Waals surface area (Å²) in [6.45, 7) is 16.1. The molecule has 148 valence electrons. The van der Waals surface area contributed by atoms with Crippen LogP contribution in [0.3, 0.4) is 0 Å². The SMILES string of the molecule is Cc1ccc(N2CCN(CCN(C)Cc3cc(C(C)C)no3)CC2)cc1C. The summed E-state index contributed by atoms with van der Waals surface area (Å²) in [5.41, 5.74) is 5.15. The molecule has 1 fully saturated rings. The van der Waals surface area contributed by atoms with E-state index in [-0.39, 0.29) is 0 Å². The largest absolute Gasteiger partial charge is 0.369 e. The summed E-state index contributed by atoms with van der Waals surface area (Å²) >= 11 is 0. The first-order valence-electron chi connectivity index (χ1n) is 10.1. The highest BCUT2D eigenvalue weighted by Crippen LogP contribution is 2.20. The van der Waals surface area contributed by atoms with Gasteiger partial charge in [0.2, 0.25) is 0 Å². The number of hydrogen-bond acceptors (Lipinski definition) is 5. The van der Waals surface area contributed by atoms with Gasteiger partial charge in [-0.3, -0.25) is 9.80 Å². The molecule has 0 amide bonds. The van der Waals surface area contributed by atoms with Crippen LogP contribution in [0.2, 0.25) is 0 Å². The van der Waals surface area contributed by atoms with E-state index in [1.807, 2.05) is 0 Å². The minimum absolute atomic E-state index is 0.418. The van der Waals surface area contributed by atoms with Crippen molar-refractivity contribution in [3.63, 3.8) is 0 Å². The van der Waals surface area contributed by atoms with Gasteiger partial charge < -0.3 is 9.42 Å². The fraction of sp³-hybridized carbons (Fsp3) is 0.591. The molecule has 0 bridgehead atoms. The summed E-state index contributed by atoms with van der Waals surface area (Å²) in [5, 5.41) is 4.15. The molecule has 0 radical (unpaired) electrons. The lowest BCUT2D eigenvalue weighted by atomic mass is 10.1. The Bertz CT molecular complexity index is 732. The third-order valence-electron chi connectivity index (χ3n) is 5.62. The van der Waals surface area contributed by atoms with Gasteiger partial charge in [0.05, 0.1) is 12.2 Å². The number of aromatic nitrogens is 1. The van der Waals surface area contributed by atoms with Crippen LogP contribution in [-0.2, 0) is 6.54 Å². The van der Waals surface area contributed by atoms with E-state index in [1.165, 1.54) is 16.8 Å². The zero-order valence-corrected chi connectivity index (χ0v) is 17.5. The molecule has 0 N–H and O–H groups in total. The molecule has 1 aliphatic rings. The van der Waals surface area contributed by atoms with Crippen LogP contribution in [0.5, 0.6) is 0 Å². The minimum Gasteiger partial charge on any atom is -0.369 e. The zero-order chi connectivity index (χ0) is 19.4. The van der Waals surface area contributed by atoms with Crippen molar-refractivity contribution in [1.82, 2.24) is 15.0 Å². The second-order valence-corrected chi connectivity index (χ2v) is 8.21. The second-order valence-electron chi connectivity index (χ2n) is 8.21. The van der Waals surface area contributed by atoms with E-state index in [4.69, 9.17) is 4.52 Å². The molecule has 5 nitrogen and oxygen atoms in total. The standard InChI is InChI=1S/C22H34N4O/c1-17(2)22-15-21(27-23-22)16-24(5)8-9-25-10-12-26(13-11-25)20-7-6-18(3)19(4)14-20/h6-7,14-15,17H,8-13,16H2,1-5H3. The van der Waals surface area contributed by atoms with Gasteiger partial charge in [-0.2, -0.15) is 0 Å². The van der Waals surface area contributed by atoms with Crippen molar-refractivity contribution in [2.45, 2.75) is 40.2 Å². The fourth-order valence-corrected chi connectivity index (χ4v) is 3.48. The van der Waals surface area contributed by atoms with Crippen LogP contribution in [0, 0.1) is 13.8 Å². The minimum atomic E-state index is 0.418. The molecule has 1 aromatic heterocycles. The van der Waals surface area contributed by atoms with Crippen molar-refractivity contribution in [3.8, 4) is 0 Å². The van der Waals surface area contributed by atoms with Gasteiger partial charge in [0.15, 0.2) is 5.76 Å². The molecule has 27 heavy (non-hydrogen) atoms. The summed E-state index contributed by atoms with van der Waals surface area (Å²) < 4.78 is 5.46. The van der Waals surface area contributed by atoms with Gasteiger partial charge in [0, 0.05) is 51.0 Å². The first kappa shape index (κ1) is 19.9. The average Bonchev–Trinajstić information content (AvgIpc) is 3.11. The number of hydrogen-bond donors (Lipinski definition) is 0. The van der Waals surface area contributed by atoms with Crippen LogP contribution in [0.1, 0.15) is 42.3 Å². The van der Waals surface area contributed by atoms with Crippen LogP contribution in [0.4, 0.5) is 5.69 Å². The Labute approximate surface area is 163 Å². The van der Waals surface area contributed by atoms with E-state index in [0.29, 0.717) is 5.92 Å². The van der Waals surface area contributed by atoms with Gasteiger partial charge in [0.1, 0.15) is 0 Å². The normalized spacial score (nSPS) is 15.9. The number of aryl methyl sites for hydroxylation is 2. The molecule has 1 aromatic carbocycles. The fourth-order valence-electron chi connectivity index (χ4n) is 3.48. The Kier molecular flexibility index (Phi) is 6.55. The molecular weight excluding hydrogens is 336 g/mol. The molecule has 5 heteroatoms. The quantitative estimate of drug-likeness (QED) is 0.743. The molecule has 1 aliphatic heterocycles. The Balaban J connectivity index is 1.41. The van der Waals surface area contributed by atoms with Gasteiger partial charge >= 0.3 is 0 Å². The van der Waals surface area contributed by atoms with Crippen LogP contribution < -0.4 is 4.90 Å². The maximum atomic E-state index is 5.46. The summed E-state index contributed by atoms with van der Waals surface area (Å²) in [5.74, 6) is 1.38. The van der Waals surface area contributed by atoms with Crippen molar-refractivity contribution >= 4 is 5.69 Å². The van der Waals surface area contributed by atoms with Crippen molar-refractivity contribution in [2.75, 3.05) is 51.2 Å². The average molecular weight is 371 g/mol. The summed E-state index contributed by atoms with van der Waals surface area (Å²) in [6.07, 6.45) is 0. The number of benzene rings is 1. The summed E-state index contributed by atoms with van der Waals surface area (Å²) in [4.78, 5) is 7.39. The van der Waals surface area contributed by atoms with Crippen molar-refractivity contribution in [3.05, 3.63) is 46.8 Å². The summed E-state index contributed by atoms with van der Waals surface area (Å²) in [6, 6.07) is 8.90. The summed E-state index contributed by atoms with van der Waals surface area (Å²) in [7, 11) is 2.16. The third kappa shape index (κ3) is 5.33. The van der Waals surface area contributed by atoms with E-state index < -0.39 is 0 Å². The molecule has 0 aliphatic carbocycles. The van der Waals surface area contributed by atoms with Gasteiger partial charge in [-0.15, -0.1) is 0 Å². The molecule has 2 heterocycles. The highest BCUT2D eigenvalue weighted by Gasteiger charge is 2.18. The van der Waals surface area contributed by atoms with Gasteiger partial charge in [0.25, 0.3) is 0 Å². The molecule has 2 aromatic rings. The Morgan fingerprint density at radius 1 is 1.07 bits per heavy atom. The van der Waals surface area contributed by atoms with E-state index in [1.54, 1.807) is 0 Å². The maximum Gasteiger partial charge on any atom is 0.150 e. The molecule has 3 rings (SSSR count). The molecule has 0 spiro atoms. The molecule has 0 unspecified atom stereocenters. The predicted octanol–water partition coefficient (Wildman–Crippen LogP) is 3.67. The van der Waals surface area contributed by atoms with Crippen LogP contribution in [0.15, 0.2) is 28.8 Å². The van der Waals surface area contributed by atoms with Crippen LogP contribution >= 0.6 is 0 Å². The lowest BCUT2D eigenvalue weighted by Gasteiger charge is -2.37. The van der Waals surface area contributed by atoms with E-state index in [9.17, 15) is 0 Å². The van der Waals surface area contributed by atoms with Crippen LogP contribution in [-0.4, -0.2) is 61.3 Å². The maximum absolute atomic E-state index is 5.46. The second kappa shape index (κ2) is 8.89. The lowest BCUT2D eigenvalue weighted by molar-refractivity contribution is 0.201. The number of piperazine rings is 1. The lowest BCUT2D eigenvalue weighted by Crippen LogP contribution is -2.48. The zero-order valence-electron chi connectivity index (χ0n) is 17.5. The van der Waals surface area contributed by atoms with Crippen molar-refractivity contribution in [1.29, 1.82) is 0 Å². The van der Waals surface area contributed by atoms with Gasteiger partial charge in [-0.25, -0.2) is 0 Å². The number of anilines is 1. The number of nitrogens with zero attached hydrogens (tertiary/aromatic N) is 4. The Hall–Kier alpha value is -1.85. The predicted molar refractivity (Wildman–Crippen MR) is 111 cm³/mol. The van der Waals surface area contributed by atoms with Crippen molar-refractivity contribution < 1.29 is 4.52 Å². The molecule has 0 saturated carbocycles. The van der Waals surface area contributed by atoms with E-state index in [2.05, 4.69) is 78.9 Å². The smallest absolute Gasteiger partial charge is 0.150 e. The Morgan fingerprint density at radius 3 is 2.44 bits per heavy atom. The van der Waals surface area contributed by atoms with E-state index >= 15 is 0 Å². The van der Waals surface area contributed by atoms with Gasteiger partial charge in [-0.05, 0) is 50.1 Å². The first-order chi connectivity index (χ1) is 12.9. The third-order valence-corrected chi connectivity index (χ3v) is 5.62. The molecule has 1 saturated heterocycles. The first-order valence-corrected chi connectivity index (χ1v) is 10.1. The monoisotopic (exact) mass is 370 g/mol. The van der Waals surface area contributed by atoms with Gasteiger partial charge in [-0.1, -0.05) is 25.1 Å². The highest BCUT2D eigenvalue weighted by atomic mass is 16.5.